The number of anilines is 2. The summed E-state index contributed by atoms with van der Waals surface area (Å²) < 4.78 is 10.9. The fourth-order valence-corrected chi connectivity index (χ4v) is 4.60. The van der Waals surface area contributed by atoms with Gasteiger partial charge >= 0.3 is 0 Å². The zero-order valence-electron chi connectivity index (χ0n) is 19.9. The Morgan fingerprint density at radius 2 is 1.84 bits per heavy atom. The van der Waals surface area contributed by atoms with Gasteiger partial charge in [0.15, 0.2) is 11.5 Å². The fraction of sp³-hybridized carbons (Fsp3) is 0.500. The molecule has 2 aromatic carbocycles. The molecule has 1 aliphatic heterocycles. The van der Waals surface area contributed by atoms with Crippen molar-refractivity contribution in [1.29, 1.82) is 0 Å². The summed E-state index contributed by atoms with van der Waals surface area (Å²) in [6, 6.07) is 12.0. The molecule has 0 saturated heterocycles. The van der Waals surface area contributed by atoms with E-state index in [2.05, 4.69) is 62.5 Å². The number of rotatable bonds is 9. The van der Waals surface area contributed by atoms with E-state index in [0.29, 0.717) is 0 Å². The van der Waals surface area contributed by atoms with Crippen LogP contribution in [0.3, 0.4) is 0 Å². The smallest absolute Gasteiger partial charge is 0.235 e. The number of hydrogen-bond donors (Lipinski definition) is 2. The maximum absolute atomic E-state index is 13.2. The number of amides is 1. The number of aryl methyl sites for hydroxylation is 1. The van der Waals surface area contributed by atoms with E-state index in [0.717, 1.165) is 60.8 Å². The molecule has 1 amide bonds. The van der Waals surface area contributed by atoms with E-state index in [9.17, 15) is 4.79 Å². The third kappa shape index (κ3) is 4.70. The first kappa shape index (κ1) is 22.5. The van der Waals surface area contributed by atoms with Crippen molar-refractivity contribution in [3.8, 4) is 11.5 Å². The first-order chi connectivity index (χ1) is 15.2. The van der Waals surface area contributed by atoms with Crippen molar-refractivity contribution >= 4 is 17.3 Å². The minimum atomic E-state index is -0.472. The molecule has 1 fully saturated rings. The number of nitrogens with one attached hydrogen (secondary N) is 2. The van der Waals surface area contributed by atoms with E-state index in [1.165, 1.54) is 5.56 Å². The molecule has 0 atom stereocenters. The highest BCUT2D eigenvalue weighted by Gasteiger charge is 2.51. The average Bonchev–Trinajstić information content (AvgIpc) is 3.42. The van der Waals surface area contributed by atoms with E-state index < -0.39 is 5.41 Å². The molecule has 2 aliphatic rings. The largest absolute Gasteiger partial charge is 0.454 e. The molecule has 172 valence electrons. The molecule has 0 unspecified atom stereocenters. The lowest BCUT2D eigenvalue weighted by Gasteiger charge is -2.29. The Kier molecular flexibility index (Phi) is 6.08. The van der Waals surface area contributed by atoms with Gasteiger partial charge in [-0.25, -0.2) is 0 Å². The van der Waals surface area contributed by atoms with E-state index in [1.807, 2.05) is 24.3 Å². The minimum Gasteiger partial charge on any atom is -0.454 e. The fourth-order valence-electron chi connectivity index (χ4n) is 4.60. The van der Waals surface area contributed by atoms with Crippen LogP contribution in [0.5, 0.6) is 11.5 Å². The number of benzene rings is 2. The van der Waals surface area contributed by atoms with Gasteiger partial charge in [0.05, 0.1) is 5.41 Å². The van der Waals surface area contributed by atoms with Gasteiger partial charge in [-0.3, -0.25) is 4.79 Å². The standard InChI is InChI=1S/C26H35N3O3/c1-6-18-13-20(8-9-21(18)27-15-25(2,3)16-29(4)5)28-24(30)26(11-12-26)19-7-10-22-23(14-19)32-17-31-22/h7-10,13-14,27H,6,11-12,15-17H2,1-5H3,(H,28,30). The topological polar surface area (TPSA) is 62.8 Å². The van der Waals surface area contributed by atoms with E-state index >= 15 is 0 Å². The van der Waals surface area contributed by atoms with E-state index in [1.54, 1.807) is 0 Å². The SMILES string of the molecule is CCc1cc(NC(=O)C2(c3ccc4c(c3)OCO4)CC2)ccc1NCC(C)(C)CN(C)C. The zero-order valence-corrected chi connectivity index (χ0v) is 19.9. The Morgan fingerprint density at radius 3 is 2.53 bits per heavy atom. The second-order valence-corrected chi connectivity index (χ2v) is 10.1. The number of hydrogen-bond acceptors (Lipinski definition) is 5. The Labute approximate surface area is 191 Å². The Bertz CT molecular complexity index is 996. The normalized spacial score (nSPS) is 16.2. The van der Waals surface area contributed by atoms with Crippen molar-refractivity contribution in [2.45, 2.75) is 45.4 Å². The molecular weight excluding hydrogens is 402 g/mol. The lowest BCUT2D eigenvalue weighted by molar-refractivity contribution is -0.118. The number of carbonyl (C=O) groups excluding carboxylic acids is 1. The van der Waals surface area contributed by atoms with E-state index in [4.69, 9.17) is 9.47 Å². The average molecular weight is 438 g/mol. The van der Waals surface area contributed by atoms with Crippen LogP contribution in [-0.2, 0) is 16.6 Å². The minimum absolute atomic E-state index is 0.0474. The van der Waals surface area contributed by atoms with Crippen molar-refractivity contribution in [2.24, 2.45) is 5.41 Å². The van der Waals surface area contributed by atoms with Crippen molar-refractivity contribution in [3.63, 3.8) is 0 Å². The zero-order chi connectivity index (χ0) is 22.9. The summed E-state index contributed by atoms with van der Waals surface area (Å²) in [4.78, 5) is 15.5. The van der Waals surface area contributed by atoms with Crippen LogP contribution in [-0.4, -0.2) is 44.8 Å². The van der Waals surface area contributed by atoms with Gasteiger partial charge in [0.2, 0.25) is 12.7 Å². The number of nitrogens with zero attached hydrogens (tertiary/aromatic N) is 1. The van der Waals surface area contributed by atoms with Gasteiger partial charge in [0.25, 0.3) is 0 Å². The molecule has 0 aromatic heterocycles. The van der Waals surface area contributed by atoms with Crippen molar-refractivity contribution in [3.05, 3.63) is 47.5 Å². The molecule has 0 bridgehead atoms. The van der Waals surface area contributed by atoms with Crippen LogP contribution in [0.15, 0.2) is 36.4 Å². The molecule has 1 heterocycles. The summed E-state index contributed by atoms with van der Waals surface area (Å²) in [5, 5.41) is 6.78. The van der Waals surface area contributed by atoms with Crippen LogP contribution in [0, 0.1) is 5.41 Å². The summed E-state index contributed by atoms with van der Waals surface area (Å²) in [5.74, 6) is 1.52. The predicted molar refractivity (Wildman–Crippen MR) is 129 cm³/mol. The third-order valence-electron chi connectivity index (χ3n) is 6.36. The van der Waals surface area contributed by atoms with Gasteiger partial charge < -0.3 is 25.0 Å². The lowest BCUT2D eigenvalue weighted by atomic mass is 9.92. The highest BCUT2D eigenvalue weighted by Crippen LogP contribution is 2.51. The van der Waals surface area contributed by atoms with Gasteiger partial charge in [-0.15, -0.1) is 0 Å². The molecule has 6 heteroatoms. The molecular formula is C26H35N3O3. The molecule has 1 aliphatic carbocycles. The maximum atomic E-state index is 13.2. The molecule has 4 rings (SSSR count). The Morgan fingerprint density at radius 1 is 1.09 bits per heavy atom. The summed E-state index contributed by atoms with van der Waals surface area (Å²) in [7, 11) is 4.21. The van der Waals surface area contributed by atoms with Gasteiger partial charge in [-0.1, -0.05) is 26.8 Å². The van der Waals surface area contributed by atoms with Gasteiger partial charge in [0, 0.05) is 24.5 Å². The quantitative estimate of drug-likeness (QED) is 0.598. The molecule has 1 saturated carbocycles. The lowest BCUT2D eigenvalue weighted by Crippen LogP contribution is -2.34. The summed E-state index contributed by atoms with van der Waals surface area (Å²) in [5.41, 5.74) is 3.86. The molecule has 0 spiro atoms. The molecule has 2 aromatic rings. The number of ether oxygens (including phenoxy) is 2. The van der Waals surface area contributed by atoms with Crippen molar-refractivity contribution in [1.82, 2.24) is 4.90 Å². The first-order valence-electron chi connectivity index (χ1n) is 11.5. The summed E-state index contributed by atoms with van der Waals surface area (Å²) in [6.07, 6.45) is 2.59. The molecule has 6 nitrogen and oxygen atoms in total. The maximum Gasteiger partial charge on any atom is 0.235 e. The second-order valence-electron chi connectivity index (χ2n) is 10.1. The number of fused-ring (bicyclic) bond motifs is 1. The summed E-state index contributed by atoms with van der Waals surface area (Å²) >= 11 is 0. The Balaban J connectivity index is 1.45. The predicted octanol–water partition coefficient (Wildman–Crippen LogP) is 4.65. The molecule has 32 heavy (non-hydrogen) atoms. The Hall–Kier alpha value is -2.73. The van der Waals surface area contributed by atoms with Gasteiger partial charge in [-0.2, -0.15) is 0 Å². The molecule has 0 radical (unpaired) electrons. The van der Waals surface area contributed by atoms with Crippen LogP contribution in [0.1, 0.15) is 44.7 Å². The van der Waals surface area contributed by atoms with Gasteiger partial charge in [0.1, 0.15) is 0 Å². The highest BCUT2D eigenvalue weighted by atomic mass is 16.7. The number of carbonyl (C=O) groups is 1. The van der Waals surface area contributed by atoms with Gasteiger partial charge in [-0.05, 0) is 80.2 Å². The van der Waals surface area contributed by atoms with Crippen molar-refractivity contribution < 1.29 is 14.3 Å². The third-order valence-corrected chi connectivity index (χ3v) is 6.36. The van der Waals surface area contributed by atoms with Crippen LogP contribution < -0.4 is 20.1 Å². The monoisotopic (exact) mass is 437 g/mol. The van der Waals surface area contributed by atoms with Crippen LogP contribution >= 0.6 is 0 Å². The van der Waals surface area contributed by atoms with Crippen molar-refractivity contribution in [2.75, 3.05) is 44.6 Å². The first-order valence-corrected chi connectivity index (χ1v) is 11.5. The van der Waals surface area contributed by atoms with E-state index in [-0.39, 0.29) is 18.1 Å². The highest BCUT2D eigenvalue weighted by molar-refractivity contribution is 6.01. The van der Waals surface area contributed by atoms with Crippen LogP contribution in [0.4, 0.5) is 11.4 Å². The van der Waals surface area contributed by atoms with Crippen LogP contribution in [0.25, 0.3) is 0 Å². The van der Waals surface area contributed by atoms with Crippen LogP contribution in [0.2, 0.25) is 0 Å². The molecule has 2 N–H and O–H groups in total. The summed E-state index contributed by atoms with van der Waals surface area (Å²) in [6.45, 7) is 8.82. The second kappa shape index (κ2) is 8.66.